The molecule has 0 saturated heterocycles. The van der Waals surface area contributed by atoms with Crippen molar-refractivity contribution < 1.29 is 27.5 Å². The van der Waals surface area contributed by atoms with Crippen LogP contribution in [-0.4, -0.2) is 37.4 Å². The first-order chi connectivity index (χ1) is 12.7. The molecule has 27 heavy (non-hydrogen) atoms. The second-order valence-electron chi connectivity index (χ2n) is 5.90. The van der Waals surface area contributed by atoms with Crippen LogP contribution in [0.15, 0.2) is 48.5 Å². The van der Waals surface area contributed by atoms with Crippen LogP contribution in [0.3, 0.4) is 0 Å². The number of carbonyl (C=O) groups is 2. The molecule has 0 spiro atoms. The summed E-state index contributed by atoms with van der Waals surface area (Å²) in [5.41, 5.74) is -0.0375. The van der Waals surface area contributed by atoms with E-state index in [0.29, 0.717) is 11.4 Å². The van der Waals surface area contributed by atoms with Crippen molar-refractivity contribution in [2.45, 2.75) is 12.6 Å². The number of alkyl halides is 3. The van der Waals surface area contributed by atoms with Gasteiger partial charge >= 0.3 is 6.18 Å². The normalized spacial score (nSPS) is 11.0. The monoisotopic (exact) mass is 380 g/mol. The SMILES string of the molecule is COc1ccc(NC(=O)CN(C)C(=O)Cc2cccc(C(F)(F)F)c2)cc1. The number of ether oxygens (including phenoxy) is 1. The van der Waals surface area contributed by atoms with Gasteiger partial charge in [-0.2, -0.15) is 13.2 Å². The minimum Gasteiger partial charge on any atom is -0.497 e. The lowest BCUT2D eigenvalue weighted by Crippen LogP contribution is -2.35. The molecule has 2 amide bonds. The Labute approximate surface area is 154 Å². The molecule has 0 aliphatic carbocycles. The summed E-state index contributed by atoms with van der Waals surface area (Å²) in [6.45, 7) is -0.218. The van der Waals surface area contributed by atoms with Crippen LogP contribution >= 0.6 is 0 Å². The molecule has 0 aromatic heterocycles. The number of rotatable bonds is 6. The van der Waals surface area contributed by atoms with E-state index in [-0.39, 0.29) is 18.5 Å². The van der Waals surface area contributed by atoms with Crippen molar-refractivity contribution in [2.75, 3.05) is 26.0 Å². The van der Waals surface area contributed by atoms with E-state index in [1.54, 1.807) is 24.3 Å². The summed E-state index contributed by atoms with van der Waals surface area (Å²) in [4.78, 5) is 25.4. The molecule has 5 nitrogen and oxygen atoms in total. The van der Waals surface area contributed by atoms with Crippen molar-refractivity contribution in [2.24, 2.45) is 0 Å². The molecular formula is C19H19F3N2O3. The maximum atomic E-state index is 12.7. The van der Waals surface area contributed by atoms with Gasteiger partial charge in [-0.1, -0.05) is 18.2 Å². The molecule has 0 radical (unpaired) electrons. The average molecular weight is 380 g/mol. The van der Waals surface area contributed by atoms with Gasteiger partial charge in [0.1, 0.15) is 5.75 Å². The quantitative estimate of drug-likeness (QED) is 0.836. The predicted octanol–water partition coefficient (Wildman–Crippen LogP) is 3.35. The molecule has 0 fully saturated rings. The zero-order valence-corrected chi connectivity index (χ0v) is 14.8. The topological polar surface area (TPSA) is 58.6 Å². The predicted molar refractivity (Wildman–Crippen MR) is 94.4 cm³/mol. The van der Waals surface area contributed by atoms with Crippen molar-refractivity contribution in [3.8, 4) is 5.75 Å². The zero-order valence-electron chi connectivity index (χ0n) is 14.8. The molecule has 0 aliphatic rings. The van der Waals surface area contributed by atoms with E-state index >= 15 is 0 Å². The molecular weight excluding hydrogens is 361 g/mol. The lowest BCUT2D eigenvalue weighted by Gasteiger charge is -2.17. The Morgan fingerprint density at radius 2 is 1.78 bits per heavy atom. The Hall–Kier alpha value is -3.03. The van der Waals surface area contributed by atoms with E-state index in [0.717, 1.165) is 12.1 Å². The molecule has 144 valence electrons. The highest BCUT2D eigenvalue weighted by Crippen LogP contribution is 2.29. The minimum atomic E-state index is -4.47. The van der Waals surface area contributed by atoms with Gasteiger partial charge in [0.15, 0.2) is 0 Å². The second kappa shape index (κ2) is 8.57. The molecule has 2 aromatic rings. The number of nitrogens with zero attached hydrogens (tertiary/aromatic N) is 1. The van der Waals surface area contributed by atoms with Gasteiger partial charge in [0.2, 0.25) is 11.8 Å². The highest BCUT2D eigenvalue weighted by atomic mass is 19.4. The van der Waals surface area contributed by atoms with E-state index in [1.165, 1.54) is 31.2 Å². The Balaban J connectivity index is 1.92. The Morgan fingerprint density at radius 1 is 1.11 bits per heavy atom. The maximum Gasteiger partial charge on any atom is 0.416 e. The van der Waals surface area contributed by atoms with Crippen LogP contribution in [0.2, 0.25) is 0 Å². The van der Waals surface area contributed by atoms with Crippen molar-refractivity contribution >= 4 is 17.5 Å². The first kappa shape index (κ1) is 20.3. The number of hydrogen-bond donors (Lipinski definition) is 1. The van der Waals surface area contributed by atoms with Crippen LogP contribution < -0.4 is 10.1 Å². The minimum absolute atomic E-state index is 0.218. The lowest BCUT2D eigenvalue weighted by atomic mass is 10.1. The smallest absolute Gasteiger partial charge is 0.416 e. The van der Waals surface area contributed by atoms with Crippen LogP contribution in [0.1, 0.15) is 11.1 Å². The van der Waals surface area contributed by atoms with Gasteiger partial charge in [-0.05, 0) is 35.9 Å². The summed E-state index contributed by atoms with van der Waals surface area (Å²) in [6.07, 6.45) is -4.69. The van der Waals surface area contributed by atoms with Gasteiger partial charge in [0, 0.05) is 12.7 Å². The van der Waals surface area contributed by atoms with Crippen molar-refractivity contribution in [3.63, 3.8) is 0 Å². The Bertz CT molecular complexity index is 805. The maximum absolute atomic E-state index is 12.7. The summed E-state index contributed by atoms with van der Waals surface area (Å²) in [5, 5.41) is 2.63. The number of halogens is 3. The standard InChI is InChI=1S/C19H19F3N2O3/c1-24(12-17(25)23-15-6-8-16(27-2)9-7-15)18(26)11-13-4-3-5-14(10-13)19(20,21)22/h3-10H,11-12H2,1-2H3,(H,23,25). The van der Waals surface area contributed by atoms with Crippen LogP contribution in [0, 0.1) is 0 Å². The summed E-state index contributed by atoms with van der Waals surface area (Å²) in [5.74, 6) is -0.236. The van der Waals surface area contributed by atoms with Crippen molar-refractivity contribution in [1.29, 1.82) is 0 Å². The van der Waals surface area contributed by atoms with Crippen LogP contribution in [0.4, 0.5) is 18.9 Å². The van der Waals surface area contributed by atoms with Crippen molar-refractivity contribution in [3.05, 3.63) is 59.7 Å². The zero-order chi connectivity index (χ0) is 20.0. The Morgan fingerprint density at radius 3 is 2.37 bits per heavy atom. The van der Waals surface area contributed by atoms with Crippen molar-refractivity contribution in [1.82, 2.24) is 4.90 Å². The van der Waals surface area contributed by atoms with Gasteiger partial charge in [-0.3, -0.25) is 9.59 Å². The lowest BCUT2D eigenvalue weighted by molar-refractivity contribution is -0.137. The Kier molecular flexibility index (Phi) is 6.44. The average Bonchev–Trinajstić information content (AvgIpc) is 2.61. The first-order valence-electron chi connectivity index (χ1n) is 8.03. The van der Waals surface area contributed by atoms with Crippen LogP contribution in [0.5, 0.6) is 5.75 Å². The van der Waals surface area contributed by atoms with Gasteiger partial charge in [-0.25, -0.2) is 0 Å². The number of benzene rings is 2. The molecule has 1 N–H and O–H groups in total. The van der Waals surface area contributed by atoms with Gasteiger partial charge < -0.3 is 15.0 Å². The number of likely N-dealkylation sites (N-methyl/N-ethyl adjacent to an activating group) is 1. The number of hydrogen-bond acceptors (Lipinski definition) is 3. The number of anilines is 1. The van der Waals surface area contributed by atoms with Gasteiger partial charge in [0.05, 0.1) is 25.6 Å². The molecule has 2 rings (SSSR count). The van der Waals surface area contributed by atoms with E-state index in [1.807, 2.05) is 0 Å². The van der Waals surface area contributed by atoms with Crippen LogP contribution in [-0.2, 0) is 22.2 Å². The number of methoxy groups -OCH3 is 1. The summed E-state index contributed by atoms with van der Waals surface area (Å²) < 4.78 is 43.2. The fourth-order valence-electron chi connectivity index (χ4n) is 2.35. The molecule has 0 unspecified atom stereocenters. The molecule has 0 saturated carbocycles. The molecule has 0 atom stereocenters. The van der Waals surface area contributed by atoms with E-state index < -0.39 is 23.6 Å². The molecule has 2 aromatic carbocycles. The highest BCUT2D eigenvalue weighted by molar-refractivity contribution is 5.94. The number of nitrogens with one attached hydrogen (secondary N) is 1. The largest absolute Gasteiger partial charge is 0.497 e. The molecule has 8 heteroatoms. The molecule has 0 heterocycles. The fraction of sp³-hybridized carbons (Fsp3) is 0.263. The van der Waals surface area contributed by atoms with Gasteiger partial charge in [0.25, 0.3) is 0 Å². The van der Waals surface area contributed by atoms with E-state index in [4.69, 9.17) is 4.74 Å². The summed E-state index contributed by atoms with van der Waals surface area (Å²) in [6, 6.07) is 11.2. The summed E-state index contributed by atoms with van der Waals surface area (Å²) in [7, 11) is 2.95. The van der Waals surface area contributed by atoms with Gasteiger partial charge in [-0.15, -0.1) is 0 Å². The van der Waals surface area contributed by atoms with E-state index in [9.17, 15) is 22.8 Å². The number of amides is 2. The van der Waals surface area contributed by atoms with E-state index in [2.05, 4.69) is 5.32 Å². The highest BCUT2D eigenvalue weighted by Gasteiger charge is 2.30. The third kappa shape index (κ3) is 6.02. The second-order valence-corrected chi connectivity index (χ2v) is 5.90. The molecule has 0 aliphatic heterocycles. The third-order valence-electron chi connectivity index (χ3n) is 3.79. The number of carbonyl (C=O) groups excluding carboxylic acids is 2. The van der Waals surface area contributed by atoms with Crippen LogP contribution in [0.25, 0.3) is 0 Å². The molecule has 0 bridgehead atoms. The summed E-state index contributed by atoms with van der Waals surface area (Å²) >= 11 is 0. The third-order valence-corrected chi connectivity index (χ3v) is 3.79. The first-order valence-corrected chi connectivity index (χ1v) is 8.03. The fourth-order valence-corrected chi connectivity index (χ4v) is 2.35.